The maximum absolute atomic E-state index is 12.6. The van der Waals surface area contributed by atoms with Crippen molar-refractivity contribution < 1.29 is 17.9 Å². The van der Waals surface area contributed by atoms with E-state index in [0.717, 1.165) is 85.3 Å². The molecular weight excluding hydrogens is 521 g/mol. The number of alkyl halides is 3. The van der Waals surface area contributed by atoms with Gasteiger partial charge in [-0.2, -0.15) is 0 Å². The van der Waals surface area contributed by atoms with Gasteiger partial charge in [0.05, 0.1) is 0 Å². The van der Waals surface area contributed by atoms with Crippen LogP contribution in [0.5, 0.6) is 5.75 Å². The molecule has 1 aliphatic rings. The number of aryl methyl sites for hydroxylation is 1. The smallest absolute Gasteiger partial charge is 0.406 e. The van der Waals surface area contributed by atoms with Crippen LogP contribution >= 0.6 is 11.6 Å². The van der Waals surface area contributed by atoms with Crippen molar-refractivity contribution in [1.82, 2.24) is 9.47 Å². The van der Waals surface area contributed by atoms with E-state index in [9.17, 15) is 13.2 Å². The summed E-state index contributed by atoms with van der Waals surface area (Å²) in [5.41, 5.74) is 5.57. The van der Waals surface area contributed by atoms with Crippen molar-refractivity contribution in [3.63, 3.8) is 0 Å². The molecule has 206 valence electrons. The molecule has 0 aliphatic carbocycles. The molecule has 0 spiro atoms. The van der Waals surface area contributed by atoms with Gasteiger partial charge in [0.25, 0.3) is 0 Å². The Morgan fingerprint density at radius 2 is 1.72 bits per heavy atom. The lowest BCUT2D eigenvalue weighted by atomic mass is 9.89. The number of likely N-dealkylation sites (tertiary alicyclic amines) is 1. The predicted octanol–water partition coefficient (Wildman–Crippen LogP) is 9.12. The molecule has 2 heterocycles. The number of nitrogens with zero attached hydrogens (tertiary/aromatic N) is 2. The SMILES string of the molecule is CCCCn1cc(-c2ccc(OC(F)(F)F)cc2)c2cc(CC3CCN(Cc4ccccc4Cl)CC3)ccc21. The number of halogens is 4. The van der Waals surface area contributed by atoms with Crippen molar-refractivity contribution in [3.05, 3.63) is 89.1 Å². The van der Waals surface area contributed by atoms with Crippen molar-refractivity contribution >= 4 is 22.5 Å². The second-order valence-corrected chi connectivity index (χ2v) is 10.9. The van der Waals surface area contributed by atoms with Gasteiger partial charge in [-0.1, -0.05) is 61.3 Å². The summed E-state index contributed by atoms with van der Waals surface area (Å²) < 4.78 is 44.2. The number of hydrogen-bond acceptors (Lipinski definition) is 2. The third-order valence-corrected chi connectivity index (χ3v) is 8.05. The van der Waals surface area contributed by atoms with Gasteiger partial charge in [-0.25, -0.2) is 0 Å². The normalized spacial score (nSPS) is 15.2. The van der Waals surface area contributed by atoms with Crippen molar-refractivity contribution in [2.45, 2.75) is 58.5 Å². The fourth-order valence-corrected chi connectivity index (χ4v) is 5.80. The van der Waals surface area contributed by atoms with E-state index in [2.05, 4.69) is 51.6 Å². The fourth-order valence-electron chi connectivity index (χ4n) is 5.60. The minimum absolute atomic E-state index is 0.206. The summed E-state index contributed by atoms with van der Waals surface area (Å²) in [6.45, 7) is 6.08. The quantitative estimate of drug-likeness (QED) is 0.205. The van der Waals surface area contributed by atoms with Gasteiger partial charge in [0, 0.05) is 40.8 Å². The number of hydrogen-bond donors (Lipinski definition) is 0. The zero-order chi connectivity index (χ0) is 27.4. The van der Waals surface area contributed by atoms with Crippen LogP contribution in [0.15, 0.2) is 72.9 Å². The molecule has 1 aromatic heterocycles. The Balaban J connectivity index is 1.32. The highest BCUT2D eigenvalue weighted by atomic mass is 35.5. The molecule has 0 radical (unpaired) electrons. The maximum atomic E-state index is 12.6. The molecule has 0 N–H and O–H groups in total. The topological polar surface area (TPSA) is 17.4 Å². The van der Waals surface area contributed by atoms with Crippen LogP contribution in [0, 0.1) is 5.92 Å². The van der Waals surface area contributed by atoms with Crippen LogP contribution in [0.25, 0.3) is 22.0 Å². The van der Waals surface area contributed by atoms with E-state index in [-0.39, 0.29) is 5.75 Å². The van der Waals surface area contributed by atoms with Gasteiger partial charge in [-0.15, -0.1) is 13.2 Å². The van der Waals surface area contributed by atoms with Crippen LogP contribution < -0.4 is 4.74 Å². The lowest BCUT2D eigenvalue weighted by molar-refractivity contribution is -0.274. The van der Waals surface area contributed by atoms with Crippen LogP contribution in [-0.2, 0) is 19.5 Å². The molecule has 0 saturated carbocycles. The molecule has 1 fully saturated rings. The number of fused-ring (bicyclic) bond motifs is 1. The molecule has 3 aromatic carbocycles. The van der Waals surface area contributed by atoms with E-state index in [1.165, 1.54) is 23.3 Å². The van der Waals surface area contributed by atoms with Gasteiger partial charge in [0.15, 0.2) is 0 Å². The lowest BCUT2D eigenvalue weighted by Crippen LogP contribution is -2.33. The molecule has 0 bridgehead atoms. The van der Waals surface area contributed by atoms with Gasteiger partial charge >= 0.3 is 6.36 Å². The zero-order valence-corrected chi connectivity index (χ0v) is 22.9. The highest BCUT2D eigenvalue weighted by Gasteiger charge is 2.31. The molecule has 7 heteroatoms. The Bertz CT molecular complexity index is 1390. The summed E-state index contributed by atoms with van der Waals surface area (Å²) >= 11 is 6.37. The highest BCUT2D eigenvalue weighted by Crippen LogP contribution is 2.35. The first-order valence-electron chi connectivity index (χ1n) is 13.7. The Morgan fingerprint density at radius 1 is 0.974 bits per heavy atom. The average Bonchev–Trinajstić information content (AvgIpc) is 3.27. The second-order valence-electron chi connectivity index (χ2n) is 10.5. The first-order chi connectivity index (χ1) is 18.8. The van der Waals surface area contributed by atoms with Gasteiger partial charge < -0.3 is 9.30 Å². The van der Waals surface area contributed by atoms with E-state index >= 15 is 0 Å². The molecule has 0 unspecified atom stereocenters. The monoisotopic (exact) mass is 554 g/mol. The average molecular weight is 555 g/mol. The lowest BCUT2D eigenvalue weighted by Gasteiger charge is -2.32. The minimum Gasteiger partial charge on any atom is -0.406 e. The van der Waals surface area contributed by atoms with Crippen molar-refractivity contribution in [1.29, 1.82) is 0 Å². The van der Waals surface area contributed by atoms with Crippen molar-refractivity contribution in [2.75, 3.05) is 13.1 Å². The van der Waals surface area contributed by atoms with Crippen LogP contribution in [0.3, 0.4) is 0 Å². The number of piperidine rings is 1. The van der Waals surface area contributed by atoms with E-state index < -0.39 is 6.36 Å². The Morgan fingerprint density at radius 3 is 2.41 bits per heavy atom. The van der Waals surface area contributed by atoms with Gasteiger partial charge in [-0.05, 0) is 91.7 Å². The second kappa shape index (κ2) is 12.1. The Hall–Kier alpha value is -2.96. The first kappa shape index (κ1) is 27.6. The van der Waals surface area contributed by atoms with Crippen LogP contribution in [-0.4, -0.2) is 28.9 Å². The minimum atomic E-state index is -4.70. The highest BCUT2D eigenvalue weighted by molar-refractivity contribution is 6.31. The third kappa shape index (κ3) is 6.98. The first-order valence-corrected chi connectivity index (χ1v) is 14.1. The van der Waals surface area contributed by atoms with Gasteiger partial charge in [0.2, 0.25) is 0 Å². The Kier molecular flexibility index (Phi) is 8.53. The van der Waals surface area contributed by atoms with Crippen LogP contribution in [0.4, 0.5) is 13.2 Å². The Labute approximate surface area is 233 Å². The summed E-state index contributed by atoms with van der Waals surface area (Å²) in [6, 6.07) is 21.0. The molecule has 0 amide bonds. The van der Waals surface area contributed by atoms with Crippen LogP contribution in [0.1, 0.15) is 43.7 Å². The molecule has 1 aliphatic heterocycles. The van der Waals surface area contributed by atoms with Gasteiger partial charge in [-0.3, -0.25) is 4.90 Å². The molecule has 0 atom stereocenters. The molecule has 5 rings (SSSR count). The maximum Gasteiger partial charge on any atom is 0.573 e. The number of ether oxygens (including phenoxy) is 1. The van der Waals surface area contributed by atoms with E-state index in [1.54, 1.807) is 12.1 Å². The molecule has 3 nitrogen and oxygen atoms in total. The largest absolute Gasteiger partial charge is 0.573 e. The van der Waals surface area contributed by atoms with Crippen molar-refractivity contribution in [2.24, 2.45) is 5.92 Å². The summed E-state index contributed by atoms with van der Waals surface area (Å²) in [6.07, 6.45) is 2.91. The number of aromatic nitrogens is 1. The third-order valence-electron chi connectivity index (χ3n) is 7.68. The molecule has 4 aromatic rings. The fraction of sp³-hybridized carbons (Fsp3) is 0.375. The summed E-state index contributed by atoms with van der Waals surface area (Å²) in [4.78, 5) is 2.49. The number of rotatable bonds is 9. The molecule has 1 saturated heterocycles. The zero-order valence-electron chi connectivity index (χ0n) is 22.2. The van der Waals surface area contributed by atoms with Crippen LogP contribution in [0.2, 0.25) is 5.02 Å². The number of benzene rings is 3. The summed E-state index contributed by atoms with van der Waals surface area (Å²) in [5.74, 6) is 0.414. The molecular formula is C32H34ClF3N2O. The van der Waals surface area contributed by atoms with E-state index in [4.69, 9.17) is 11.6 Å². The van der Waals surface area contributed by atoms with E-state index in [0.29, 0.717) is 5.92 Å². The summed E-state index contributed by atoms with van der Waals surface area (Å²) in [5, 5.41) is 1.97. The number of unbranched alkanes of at least 4 members (excludes halogenated alkanes) is 1. The molecule has 39 heavy (non-hydrogen) atoms. The predicted molar refractivity (Wildman–Crippen MR) is 152 cm³/mol. The van der Waals surface area contributed by atoms with Crippen molar-refractivity contribution in [3.8, 4) is 16.9 Å². The van der Waals surface area contributed by atoms with E-state index in [1.807, 2.05) is 18.2 Å². The summed E-state index contributed by atoms with van der Waals surface area (Å²) in [7, 11) is 0. The van der Waals surface area contributed by atoms with Gasteiger partial charge in [0.1, 0.15) is 5.75 Å². The standard InChI is InChI=1S/C32H34ClF3N2O/c1-2-3-16-38-22-29(25-9-11-27(12-10-25)39-32(34,35)36)28-20-24(8-13-31(28)38)19-23-14-17-37(18-15-23)21-26-6-4-5-7-30(26)33/h4-13,20,22-23H,2-3,14-19,21H2,1H3.